The number of unbranched alkanes of at least 4 members (excludes halogenated alkanes) is 3. The van der Waals surface area contributed by atoms with Gasteiger partial charge in [0, 0.05) is 0 Å². The second kappa shape index (κ2) is 10.8. The summed E-state index contributed by atoms with van der Waals surface area (Å²) in [6, 6.07) is 0. The molecule has 0 aromatic carbocycles. The van der Waals surface area contributed by atoms with Gasteiger partial charge in [-0.2, -0.15) is 0 Å². The van der Waals surface area contributed by atoms with Crippen LogP contribution in [0.3, 0.4) is 0 Å². The summed E-state index contributed by atoms with van der Waals surface area (Å²) >= 11 is 0. The Balaban J connectivity index is 1.75. The van der Waals surface area contributed by atoms with Crippen molar-refractivity contribution in [3.05, 3.63) is 0 Å². The Labute approximate surface area is 114 Å². The van der Waals surface area contributed by atoms with E-state index in [9.17, 15) is 0 Å². The van der Waals surface area contributed by atoms with Crippen LogP contribution in [0.25, 0.3) is 0 Å². The predicted octanol–water partition coefficient (Wildman–Crippen LogP) is 3.57. The minimum absolute atomic E-state index is 0.883. The van der Waals surface area contributed by atoms with E-state index < -0.39 is 0 Å². The summed E-state index contributed by atoms with van der Waals surface area (Å²) in [6.45, 7) is 9.58. The molecule has 2 nitrogen and oxygen atoms in total. The monoisotopic (exact) mass is 254 g/mol. The lowest BCUT2D eigenvalue weighted by atomic mass is 9.95. The zero-order valence-corrected chi connectivity index (χ0v) is 12.6. The first-order valence-electron chi connectivity index (χ1n) is 8.20. The predicted molar refractivity (Wildman–Crippen MR) is 81.0 cm³/mol. The van der Waals surface area contributed by atoms with Gasteiger partial charge in [0.15, 0.2) is 0 Å². The fourth-order valence-electron chi connectivity index (χ4n) is 2.76. The second-order valence-electron chi connectivity index (χ2n) is 6.33. The molecule has 1 aliphatic heterocycles. The Kier molecular flexibility index (Phi) is 9.59. The Morgan fingerprint density at radius 2 is 1.72 bits per heavy atom. The van der Waals surface area contributed by atoms with Crippen LogP contribution in [0.5, 0.6) is 0 Å². The number of hydrogen-bond acceptors (Lipinski definition) is 2. The minimum atomic E-state index is 0.883. The summed E-state index contributed by atoms with van der Waals surface area (Å²) in [5, 5.41) is 7.04. The van der Waals surface area contributed by atoms with E-state index in [0.717, 1.165) is 11.8 Å². The smallest absolute Gasteiger partial charge is 0.00463 e. The summed E-state index contributed by atoms with van der Waals surface area (Å²) in [5.41, 5.74) is 0. The third kappa shape index (κ3) is 8.93. The highest BCUT2D eigenvalue weighted by atomic mass is 14.9. The SMILES string of the molecule is CC(C)CCCCCCNCCC1CCNCC1. The topological polar surface area (TPSA) is 24.1 Å². The lowest BCUT2D eigenvalue weighted by molar-refractivity contribution is 0.348. The highest BCUT2D eigenvalue weighted by Gasteiger charge is 2.11. The third-order valence-corrected chi connectivity index (χ3v) is 4.07. The first-order chi connectivity index (χ1) is 8.79. The summed E-state index contributed by atoms with van der Waals surface area (Å²) in [7, 11) is 0. The van der Waals surface area contributed by atoms with Crippen molar-refractivity contribution in [3.8, 4) is 0 Å². The summed E-state index contributed by atoms with van der Waals surface area (Å²) in [6.07, 6.45) is 11.2. The van der Waals surface area contributed by atoms with Gasteiger partial charge in [0.05, 0.1) is 0 Å². The fourth-order valence-corrected chi connectivity index (χ4v) is 2.76. The van der Waals surface area contributed by atoms with Crippen molar-refractivity contribution in [2.75, 3.05) is 26.2 Å². The molecule has 0 unspecified atom stereocenters. The maximum Gasteiger partial charge on any atom is -0.00463 e. The fraction of sp³-hybridized carbons (Fsp3) is 1.00. The molecule has 18 heavy (non-hydrogen) atoms. The first-order valence-corrected chi connectivity index (χ1v) is 8.20. The van der Waals surface area contributed by atoms with Gasteiger partial charge in [0.1, 0.15) is 0 Å². The highest BCUT2D eigenvalue weighted by molar-refractivity contribution is 4.69. The number of nitrogens with one attached hydrogen (secondary N) is 2. The number of piperidine rings is 1. The molecular formula is C16H34N2. The standard InChI is InChI=1S/C16H34N2/c1-15(2)7-5-3-4-6-11-17-12-8-16-9-13-18-14-10-16/h15-18H,3-14H2,1-2H3. The van der Waals surface area contributed by atoms with Crippen LogP contribution in [0.2, 0.25) is 0 Å². The number of hydrogen-bond donors (Lipinski definition) is 2. The van der Waals surface area contributed by atoms with Crippen LogP contribution in [-0.2, 0) is 0 Å². The lowest BCUT2D eigenvalue weighted by Crippen LogP contribution is -2.29. The molecular weight excluding hydrogens is 220 g/mol. The van der Waals surface area contributed by atoms with Crippen LogP contribution in [0.1, 0.15) is 65.2 Å². The zero-order chi connectivity index (χ0) is 13.1. The normalized spacial score (nSPS) is 17.5. The van der Waals surface area contributed by atoms with E-state index in [2.05, 4.69) is 24.5 Å². The average molecular weight is 254 g/mol. The van der Waals surface area contributed by atoms with Crippen molar-refractivity contribution in [3.63, 3.8) is 0 Å². The molecule has 1 rings (SSSR count). The average Bonchev–Trinajstić information content (AvgIpc) is 2.37. The van der Waals surface area contributed by atoms with Gasteiger partial charge in [-0.15, -0.1) is 0 Å². The van der Waals surface area contributed by atoms with Crippen LogP contribution >= 0.6 is 0 Å². The maximum absolute atomic E-state index is 3.61. The Morgan fingerprint density at radius 3 is 2.44 bits per heavy atom. The van der Waals surface area contributed by atoms with Gasteiger partial charge >= 0.3 is 0 Å². The molecule has 2 heteroatoms. The molecule has 108 valence electrons. The van der Waals surface area contributed by atoms with Gasteiger partial charge in [-0.3, -0.25) is 0 Å². The van der Waals surface area contributed by atoms with Gasteiger partial charge in [-0.05, 0) is 63.7 Å². The van der Waals surface area contributed by atoms with E-state index in [4.69, 9.17) is 0 Å². The lowest BCUT2D eigenvalue weighted by Gasteiger charge is -2.22. The Hall–Kier alpha value is -0.0800. The molecule has 2 N–H and O–H groups in total. The van der Waals surface area contributed by atoms with Crippen molar-refractivity contribution in [1.29, 1.82) is 0 Å². The quantitative estimate of drug-likeness (QED) is 0.582. The van der Waals surface area contributed by atoms with Crippen molar-refractivity contribution in [1.82, 2.24) is 10.6 Å². The molecule has 0 radical (unpaired) electrons. The van der Waals surface area contributed by atoms with Gasteiger partial charge < -0.3 is 10.6 Å². The first kappa shape index (κ1) is 16.0. The second-order valence-corrected chi connectivity index (χ2v) is 6.33. The molecule has 1 heterocycles. The molecule has 0 aromatic rings. The van der Waals surface area contributed by atoms with E-state index >= 15 is 0 Å². The van der Waals surface area contributed by atoms with Crippen LogP contribution < -0.4 is 10.6 Å². The minimum Gasteiger partial charge on any atom is -0.317 e. The summed E-state index contributed by atoms with van der Waals surface area (Å²) in [5.74, 6) is 1.86. The molecule has 1 fully saturated rings. The zero-order valence-electron chi connectivity index (χ0n) is 12.6. The van der Waals surface area contributed by atoms with E-state index in [-0.39, 0.29) is 0 Å². The molecule has 1 saturated heterocycles. The molecule has 0 bridgehead atoms. The Morgan fingerprint density at radius 1 is 1.00 bits per heavy atom. The molecule has 1 aliphatic rings. The molecule has 0 atom stereocenters. The van der Waals surface area contributed by atoms with Crippen LogP contribution in [0.4, 0.5) is 0 Å². The van der Waals surface area contributed by atoms with E-state index in [1.165, 1.54) is 77.5 Å². The van der Waals surface area contributed by atoms with E-state index in [1.807, 2.05) is 0 Å². The van der Waals surface area contributed by atoms with Gasteiger partial charge in [0.25, 0.3) is 0 Å². The molecule has 0 saturated carbocycles. The molecule has 0 spiro atoms. The summed E-state index contributed by atoms with van der Waals surface area (Å²) in [4.78, 5) is 0. The number of rotatable bonds is 10. The molecule has 0 amide bonds. The van der Waals surface area contributed by atoms with Crippen LogP contribution in [0, 0.1) is 11.8 Å². The highest BCUT2D eigenvalue weighted by Crippen LogP contribution is 2.14. The van der Waals surface area contributed by atoms with Crippen molar-refractivity contribution < 1.29 is 0 Å². The molecule has 0 aromatic heterocycles. The third-order valence-electron chi connectivity index (χ3n) is 4.07. The summed E-state index contributed by atoms with van der Waals surface area (Å²) < 4.78 is 0. The van der Waals surface area contributed by atoms with Crippen molar-refractivity contribution >= 4 is 0 Å². The largest absolute Gasteiger partial charge is 0.317 e. The Bertz CT molecular complexity index is 174. The van der Waals surface area contributed by atoms with E-state index in [0.29, 0.717) is 0 Å². The van der Waals surface area contributed by atoms with Crippen LogP contribution in [0.15, 0.2) is 0 Å². The van der Waals surface area contributed by atoms with Gasteiger partial charge in [-0.25, -0.2) is 0 Å². The van der Waals surface area contributed by atoms with E-state index in [1.54, 1.807) is 0 Å². The van der Waals surface area contributed by atoms with Crippen LogP contribution in [-0.4, -0.2) is 26.2 Å². The van der Waals surface area contributed by atoms with Crippen molar-refractivity contribution in [2.24, 2.45) is 11.8 Å². The molecule has 0 aliphatic carbocycles. The van der Waals surface area contributed by atoms with Gasteiger partial charge in [-0.1, -0.05) is 39.5 Å². The maximum atomic E-state index is 3.61. The van der Waals surface area contributed by atoms with Crippen molar-refractivity contribution in [2.45, 2.75) is 65.2 Å². The van der Waals surface area contributed by atoms with Gasteiger partial charge in [0.2, 0.25) is 0 Å².